The maximum atomic E-state index is 5.73. The number of hydrogen-bond donors (Lipinski definition) is 2. The summed E-state index contributed by atoms with van der Waals surface area (Å²) in [6, 6.07) is 8.15. The number of hydrogen-bond acceptors (Lipinski definition) is 6. The Labute approximate surface area is 139 Å². The minimum atomic E-state index is 0.502. The van der Waals surface area contributed by atoms with Crippen molar-refractivity contribution in [3.63, 3.8) is 0 Å². The molecule has 0 amide bonds. The molecule has 2 aromatic heterocycles. The fourth-order valence-electron chi connectivity index (χ4n) is 2.44. The van der Waals surface area contributed by atoms with Crippen molar-refractivity contribution < 1.29 is 0 Å². The Morgan fingerprint density at radius 1 is 1.09 bits per heavy atom. The quantitative estimate of drug-likeness (QED) is 0.764. The van der Waals surface area contributed by atoms with Crippen molar-refractivity contribution >= 4 is 23.0 Å². The summed E-state index contributed by atoms with van der Waals surface area (Å²) in [6.45, 7) is 6.62. The molecule has 0 aliphatic carbocycles. The first-order chi connectivity index (χ1) is 11.0. The third-order valence-electron chi connectivity index (χ3n) is 3.43. The summed E-state index contributed by atoms with van der Waals surface area (Å²) in [5, 5.41) is 4.13. The van der Waals surface area contributed by atoms with E-state index in [0.29, 0.717) is 12.5 Å². The van der Waals surface area contributed by atoms with Crippen LogP contribution in [0.4, 0.5) is 11.6 Å². The van der Waals surface area contributed by atoms with Gasteiger partial charge in [-0.05, 0) is 50.1 Å². The van der Waals surface area contributed by atoms with Gasteiger partial charge in [0.2, 0.25) is 5.95 Å². The van der Waals surface area contributed by atoms with E-state index in [1.165, 1.54) is 11.1 Å². The summed E-state index contributed by atoms with van der Waals surface area (Å²) in [5.74, 6) is 0.564. The van der Waals surface area contributed by atoms with E-state index in [1.54, 1.807) is 17.5 Å². The first-order valence-electron chi connectivity index (χ1n) is 7.40. The zero-order valence-corrected chi connectivity index (χ0v) is 14.2. The second-order valence-corrected chi connectivity index (χ2v) is 6.58. The van der Waals surface area contributed by atoms with Crippen molar-refractivity contribution in [2.45, 2.75) is 27.3 Å². The van der Waals surface area contributed by atoms with Crippen LogP contribution in [0, 0.1) is 20.8 Å². The van der Waals surface area contributed by atoms with Crippen molar-refractivity contribution in [1.82, 2.24) is 15.0 Å². The monoisotopic (exact) mass is 325 g/mol. The molecule has 0 atom stereocenters. The van der Waals surface area contributed by atoms with Crippen molar-refractivity contribution in [2.24, 2.45) is 5.73 Å². The summed E-state index contributed by atoms with van der Waals surface area (Å²) in [4.78, 5) is 14.5. The van der Waals surface area contributed by atoms with Crippen LogP contribution in [-0.2, 0) is 6.54 Å². The van der Waals surface area contributed by atoms with Crippen LogP contribution in [0.15, 0.2) is 30.5 Å². The molecule has 0 unspecified atom stereocenters. The Bertz CT molecular complexity index is 821. The van der Waals surface area contributed by atoms with E-state index >= 15 is 0 Å². The van der Waals surface area contributed by atoms with Crippen molar-refractivity contribution in [1.29, 1.82) is 0 Å². The van der Waals surface area contributed by atoms with Gasteiger partial charge in [-0.3, -0.25) is 0 Å². The third kappa shape index (κ3) is 3.55. The van der Waals surface area contributed by atoms with E-state index in [-0.39, 0.29) is 0 Å². The molecule has 0 saturated carbocycles. The standard InChI is InChI=1S/C17H19N5S/c1-10-6-11(2)8-13(7-10)21-17-19-5-4-14(22-17)16-20-12(3)15(9-18)23-16/h4-8H,9,18H2,1-3H3,(H,19,21,22). The van der Waals surface area contributed by atoms with Gasteiger partial charge in [0, 0.05) is 23.3 Å². The van der Waals surface area contributed by atoms with Gasteiger partial charge in [-0.2, -0.15) is 0 Å². The van der Waals surface area contributed by atoms with Crippen molar-refractivity contribution in [3.8, 4) is 10.7 Å². The van der Waals surface area contributed by atoms with Gasteiger partial charge in [0.1, 0.15) is 10.7 Å². The number of thiazole rings is 1. The number of anilines is 2. The number of nitrogens with one attached hydrogen (secondary N) is 1. The maximum absolute atomic E-state index is 5.73. The molecule has 0 fully saturated rings. The van der Waals surface area contributed by atoms with Crippen LogP contribution in [0.2, 0.25) is 0 Å². The molecule has 0 aliphatic rings. The van der Waals surface area contributed by atoms with Crippen molar-refractivity contribution in [3.05, 3.63) is 52.2 Å². The molecule has 5 nitrogen and oxygen atoms in total. The Hall–Kier alpha value is -2.31. The highest BCUT2D eigenvalue weighted by molar-refractivity contribution is 7.15. The second kappa shape index (κ2) is 6.44. The first kappa shape index (κ1) is 15.6. The van der Waals surface area contributed by atoms with E-state index in [9.17, 15) is 0 Å². The average molecular weight is 325 g/mol. The molecule has 23 heavy (non-hydrogen) atoms. The molecule has 3 rings (SSSR count). The second-order valence-electron chi connectivity index (χ2n) is 5.50. The normalized spacial score (nSPS) is 10.8. The molecule has 118 valence electrons. The fourth-order valence-corrected chi connectivity index (χ4v) is 3.35. The molecule has 2 heterocycles. The predicted molar refractivity (Wildman–Crippen MR) is 95.0 cm³/mol. The molecule has 0 aliphatic heterocycles. The van der Waals surface area contributed by atoms with Crippen LogP contribution in [0.1, 0.15) is 21.7 Å². The minimum absolute atomic E-state index is 0.502. The number of aromatic nitrogens is 3. The number of benzene rings is 1. The molecule has 0 radical (unpaired) electrons. The average Bonchev–Trinajstić information content (AvgIpc) is 2.87. The van der Waals surface area contributed by atoms with E-state index in [4.69, 9.17) is 5.73 Å². The predicted octanol–water partition coefficient (Wildman–Crippen LogP) is 3.73. The Morgan fingerprint density at radius 3 is 2.48 bits per heavy atom. The van der Waals surface area contributed by atoms with Gasteiger partial charge in [-0.15, -0.1) is 11.3 Å². The van der Waals surface area contributed by atoms with Crippen LogP contribution < -0.4 is 11.1 Å². The van der Waals surface area contributed by atoms with Crippen LogP contribution in [0.25, 0.3) is 10.7 Å². The smallest absolute Gasteiger partial charge is 0.227 e. The largest absolute Gasteiger partial charge is 0.326 e. The summed E-state index contributed by atoms with van der Waals surface area (Å²) in [6.07, 6.45) is 1.74. The highest BCUT2D eigenvalue weighted by Gasteiger charge is 2.10. The van der Waals surface area contributed by atoms with Crippen LogP contribution in [0.5, 0.6) is 0 Å². The molecule has 6 heteroatoms. The minimum Gasteiger partial charge on any atom is -0.326 e. The summed E-state index contributed by atoms with van der Waals surface area (Å²) in [5.41, 5.74) is 10.9. The zero-order valence-electron chi connectivity index (χ0n) is 13.4. The fraction of sp³-hybridized carbons (Fsp3) is 0.235. The van der Waals surface area contributed by atoms with Crippen LogP contribution >= 0.6 is 11.3 Å². The SMILES string of the molecule is Cc1cc(C)cc(Nc2nccc(-c3nc(C)c(CN)s3)n2)c1. The molecular weight excluding hydrogens is 306 g/mol. The number of aryl methyl sites for hydroxylation is 3. The summed E-state index contributed by atoms with van der Waals surface area (Å²) >= 11 is 1.58. The van der Waals surface area contributed by atoms with Gasteiger partial charge in [0.15, 0.2) is 0 Å². The molecule has 3 N–H and O–H groups in total. The highest BCUT2D eigenvalue weighted by Crippen LogP contribution is 2.27. The molecular formula is C17H19N5S. The number of rotatable bonds is 4. The highest BCUT2D eigenvalue weighted by atomic mass is 32.1. The molecule has 0 saturated heterocycles. The van der Waals surface area contributed by atoms with Gasteiger partial charge < -0.3 is 11.1 Å². The lowest BCUT2D eigenvalue weighted by Crippen LogP contribution is -1.98. The lowest BCUT2D eigenvalue weighted by atomic mass is 10.1. The van der Waals surface area contributed by atoms with Crippen LogP contribution in [0.3, 0.4) is 0 Å². The summed E-state index contributed by atoms with van der Waals surface area (Å²) in [7, 11) is 0. The Balaban J connectivity index is 1.90. The van der Waals surface area contributed by atoms with Gasteiger partial charge >= 0.3 is 0 Å². The van der Waals surface area contributed by atoms with Gasteiger partial charge in [0.25, 0.3) is 0 Å². The Kier molecular flexibility index (Phi) is 4.36. The number of nitrogens with zero attached hydrogens (tertiary/aromatic N) is 3. The number of nitrogens with two attached hydrogens (primary N) is 1. The topological polar surface area (TPSA) is 76.7 Å². The van der Waals surface area contributed by atoms with E-state index in [1.807, 2.05) is 13.0 Å². The lowest BCUT2D eigenvalue weighted by molar-refractivity contribution is 1.06. The first-order valence-corrected chi connectivity index (χ1v) is 8.22. The molecule has 3 aromatic rings. The van der Waals surface area contributed by atoms with Crippen molar-refractivity contribution in [2.75, 3.05) is 5.32 Å². The van der Waals surface area contributed by atoms with Gasteiger partial charge in [0.05, 0.1) is 5.69 Å². The van der Waals surface area contributed by atoms with Crippen LogP contribution in [-0.4, -0.2) is 15.0 Å². The molecule has 0 spiro atoms. The Morgan fingerprint density at radius 2 is 1.83 bits per heavy atom. The summed E-state index contributed by atoms with van der Waals surface area (Å²) < 4.78 is 0. The van der Waals surface area contributed by atoms with Gasteiger partial charge in [-0.1, -0.05) is 6.07 Å². The lowest BCUT2D eigenvalue weighted by Gasteiger charge is -2.07. The zero-order chi connectivity index (χ0) is 16.4. The van der Waals surface area contributed by atoms with E-state index < -0.39 is 0 Å². The van der Waals surface area contributed by atoms with Gasteiger partial charge in [-0.25, -0.2) is 15.0 Å². The van der Waals surface area contributed by atoms with E-state index in [0.717, 1.165) is 27.0 Å². The maximum Gasteiger partial charge on any atom is 0.227 e. The third-order valence-corrected chi connectivity index (χ3v) is 4.63. The molecule has 1 aromatic carbocycles. The van der Waals surface area contributed by atoms with E-state index in [2.05, 4.69) is 52.3 Å². The molecule has 0 bridgehead atoms.